The van der Waals surface area contributed by atoms with E-state index in [1.54, 1.807) is 0 Å². The van der Waals surface area contributed by atoms with Crippen molar-refractivity contribution in [3.05, 3.63) is 11.7 Å². The fourth-order valence-corrected chi connectivity index (χ4v) is 3.20. The van der Waals surface area contributed by atoms with Crippen LogP contribution in [-0.4, -0.2) is 21.2 Å². The average Bonchev–Trinajstić information content (AvgIpc) is 2.95. The standard InChI is InChI=1S/C16H27N3O3/c1-4-15(2,3)11-7-9-16(17,10-8-11)14-18-12(22-19-14)5-6-13(20)21/h11H,4-10,17H2,1-3H3,(H,20,21). The van der Waals surface area contributed by atoms with Gasteiger partial charge in [-0.3, -0.25) is 4.79 Å². The van der Waals surface area contributed by atoms with Gasteiger partial charge in [0.15, 0.2) is 5.82 Å². The molecule has 1 heterocycles. The molecule has 124 valence electrons. The highest BCUT2D eigenvalue weighted by Gasteiger charge is 2.41. The van der Waals surface area contributed by atoms with Crippen molar-refractivity contribution >= 4 is 5.97 Å². The van der Waals surface area contributed by atoms with Crippen LogP contribution < -0.4 is 5.73 Å². The number of hydrogen-bond donors (Lipinski definition) is 2. The normalized spacial score (nSPS) is 26.1. The predicted molar refractivity (Wildman–Crippen MR) is 82.2 cm³/mol. The van der Waals surface area contributed by atoms with E-state index >= 15 is 0 Å². The highest BCUT2D eigenvalue weighted by molar-refractivity contribution is 5.66. The van der Waals surface area contributed by atoms with E-state index < -0.39 is 11.5 Å². The first-order valence-corrected chi connectivity index (χ1v) is 8.10. The molecule has 1 saturated carbocycles. The number of carboxylic acids is 1. The van der Waals surface area contributed by atoms with Gasteiger partial charge in [0.2, 0.25) is 5.89 Å². The lowest BCUT2D eigenvalue weighted by molar-refractivity contribution is -0.137. The van der Waals surface area contributed by atoms with E-state index in [2.05, 4.69) is 30.9 Å². The van der Waals surface area contributed by atoms with Crippen LogP contribution >= 0.6 is 0 Å². The van der Waals surface area contributed by atoms with Crippen molar-refractivity contribution < 1.29 is 14.4 Å². The third kappa shape index (κ3) is 3.66. The molecule has 2 rings (SSSR count). The van der Waals surface area contributed by atoms with E-state index in [9.17, 15) is 4.79 Å². The van der Waals surface area contributed by atoms with Gasteiger partial charge in [-0.15, -0.1) is 0 Å². The number of carbonyl (C=O) groups is 1. The molecule has 0 bridgehead atoms. The van der Waals surface area contributed by atoms with Gasteiger partial charge in [-0.25, -0.2) is 0 Å². The molecular weight excluding hydrogens is 282 g/mol. The average molecular weight is 309 g/mol. The lowest BCUT2D eigenvalue weighted by Crippen LogP contribution is -2.43. The Morgan fingerprint density at radius 2 is 2.09 bits per heavy atom. The van der Waals surface area contributed by atoms with Gasteiger partial charge in [0.25, 0.3) is 0 Å². The number of aliphatic carboxylic acids is 1. The maximum Gasteiger partial charge on any atom is 0.303 e. The minimum Gasteiger partial charge on any atom is -0.481 e. The third-order valence-electron chi connectivity index (χ3n) is 5.36. The second-order valence-electron chi connectivity index (χ2n) is 7.18. The minimum absolute atomic E-state index is 0.00797. The zero-order valence-corrected chi connectivity index (χ0v) is 13.8. The van der Waals surface area contributed by atoms with E-state index in [4.69, 9.17) is 15.4 Å². The summed E-state index contributed by atoms with van der Waals surface area (Å²) in [5, 5.41) is 12.7. The molecule has 0 atom stereocenters. The molecule has 6 nitrogen and oxygen atoms in total. The molecule has 1 aliphatic carbocycles. The quantitative estimate of drug-likeness (QED) is 0.837. The van der Waals surface area contributed by atoms with Crippen LogP contribution in [0.1, 0.15) is 71.0 Å². The lowest BCUT2D eigenvalue weighted by Gasteiger charge is -2.41. The highest BCUT2D eigenvalue weighted by atomic mass is 16.5. The molecule has 1 aromatic heterocycles. The Labute approximate surface area is 131 Å². The Balaban J connectivity index is 2.00. The second-order valence-corrected chi connectivity index (χ2v) is 7.18. The van der Waals surface area contributed by atoms with Gasteiger partial charge < -0.3 is 15.4 Å². The molecule has 0 aliphatic heterocycles. The monoisotopic (exact) mass is 309 g/mol. The van der Waals surface area contributed by atoms with Crippen LogP contribution in [0.4, 0.5) is 0 Å². The van der Waals surface area contributed by atoms with Crippen molar-refractivity contribution in [2.75, 3.05) is 0 Å². The smallest absolute Gasteiger partial charge is 0.303 e. The molecule has 1 fully saturated rings. The first-order chi connectivity index (χ1) is 10.3. The van der Waals surface area contributed by atoms with Crippen LogP contribution in [-0.2, 0) is 16.8 Å². The number of nitrogens with zero attached hydrogens (tertiary/aromatic N) is 2. The Kier molecular flexibility index (Phi) is 4.90. The third-order valence-corrected chi connectivity index (χ3v) is 5.36. The summed E-state index contributed by atoms with van der Waals surface area (Å²) < 4.78 is 5.14. The zero-order valence-electron chi connectivity index (χ0n) is 13.8. The number of aryl methyl sites for hydroxylation is 1. The van der Waals surface area contributed by atoms with Crippen molar-refractivity contribution in [1.82, 2.24) is 10.1 Å². The first kappa shape index (κ1) is 16.9. The summed E-state index contributed by atoms with van der Waals surface area (Å²) in [6.45, 7) is 6.87. The summed E-state index contributed by atoms with van der Waals surface area (Å²) in [5.74, 6) is 0.691. The summed E-state index contributed by atoms with van der Waals surface area (Å²) >= 11 is 0. The molecule has 0 amide bonds. The molecule has 0 spiro atoms. The molecule has 6 heteroatoms. The maximum atomic E-state index is 10.6. The number of carboxylic acid groups (broad SMARTS) is 1. The lowest BCUT2D eigenvalue weighted by atomic mass is 9.65. The predicted octanol–water partition coefficient (Wildman–Crippen LogP) is 2.87. The van der Waals surface area contributed by atoms with Gasteiger partial charge in [0, 0.05) is 6.42 Å². The van der Waals surface area contributed by atoms with Crippen molar-refractivity contribution in [1.29, 1.82) is 0 Å². The van der Waals surface area contributed by atoms with E-state index in [-0.39, 0.29) is 12.8 Å². The van der Waals surface area contributed by atoms with Gasteiger partial charge in [0.1, 0.15) is 0 Å². The van der Waals surface area contributed by atoms with E-state index in [0.29, 0.717) is 23.0 Å². The second kappa shape index (κ2) is 6.36. The molecule has 0 aromatic carbocycles. The van der Waals surface area contributed by atoms with Gasteiger partial charge >= 0.3 is 5.97 Å². The van der Waals surface area contributed by atoms with Crippen molar-refractivity contribution in [3.63, 3.8) is 0 Å². The van der Waals surface area contributed by atoms with Gasteiger partial charge in [-0.2, -0.15) is 4.98 Å². The van der Waals surface area contributed by atoms with Gasteiger partial charge in [-0.1, -0.05) is 32.3 Å². The van der Waals surface area contributed by atoms with Crippen LogP contribution in [0, 0.1) is 11.3 Å². The molecule has 22 heavy (non-hydrogen) atoms. The summed E-state index contributed by atoms with van der Waals surface area (Å²) in [4.78, 5) is 14.9. The van der Waals surface area contributed by atoms with Crippen molar-refractivity contribution in [2.24, 2.45) is 17.1 Å². The van der Waals surface area contributed by atoms with Gasteiger partial charge in [-0.05, 0) is 37.0 Å². The number of hydrogen-bond acceptors (Lipinski definition) is 5. The SMILES string of the molecule is CCC(C)(C)C1CCC(N)(c2noc(CCC(=O)O)n2)CC1. The Hall–Kier alpha value is -1.43. The van der Waals surface area contributed by atoms with Crippen LogP contribution in [0.25, 0.3) is 0 Å². The van der Waals surface area contributed by atoms with E-state index in [1.165, 1.54) is 0 Å². The molecular formula is C16H27N3O3. The molecule has 1 aliphatic rings. The summed E-state index contributed by atoms with van der Waals surface area (Å²) in [5.41, 5.74) is 6.30. The van der Waals surface area contributed by atoms with Crippen molar-refractivity contribution in [2.45, 2.75) is 71.3 Å². The molecule has 3 N–H and O–H groups in total. The first-order valence-electron chi connectivity index (χ1n) is 8.10. The molecule has 0 radical (unpaired) electrons. The molecule has 0 unspecified atom stereocenters. The number of nitrogens with two attached hydrogens (primary N) is 1. The van der Waals surface area contributed by atoms with Crippen LogP contribution in [0.15, 0.2) is 4.52 Å². The fourth-order valence-electron chi connectivity index (χ4n) is 3.20. The van der Waals surface area contributed by atoms with Gasteiger partial charge in [0.05, 0.1) is 12.0 Å². The minimum atomic E-state index is -0.871. The van der Waals surface area contributed by atoms with Crippen LogP contribution in [0.5, 0.6) is 0 Å². The Bertz CT molecular complexity index is 516. The van der Waals surface area contributed by atoms with E-state index in [0.717, 1.165) is 32.1 Å². The topological polar surface area (TPSA) is 102 Å². The molecule has 1 aromatic rings. The number of aromatic nitrogens is 2. The van der Waals surface area contributed by atoms with Crippen LogP contribution in [0.2, 0.25) is 0 Å². The molecule has 0 saturated heterocycles. The summed E-state index contributed by atoms with van der Waals surface area (Å²) in [6.07, 6.45) is 5.23. The largest absolute Gasteiger partial charge is 0.481 e. The van der Waals surface area contributed by atoms with Crippen molar-refractivity contribution in [3.8, 4) is 0 Å². The summed E-state index contributed by atoms with van der Waals surface area (Å²) in [6, 6.07) is 0. The number of rotatable bonds is 6. The summed E-state index contributed by atoms with van der Waals surface area (Å²) in [7, 11) is 0. The maximum absolute atomic E-state index is 10.6. The fraction of sp³-hybridized carbons (Fsp3) is 0.812. The zero-order chi connectivity index (χ0) is 16.4. The Morgan fingerprint density at radius 3 is 2.64 bits per heavy atom. The van der Waals surface area contributed by atoms with E-state index in [1.807, 2.05) is 0 Å². The van der Waals surface area contributed by atoms with Crippen LogP contribution in [0.3, 0.4) is 0 Å². The highest BCUT2D eigenvalue weighted by Crippen LogP contribution is 2.45. The Morgan fingerprint density at radius 1 is 1.45 bits per heavy atom.